The molecule has 4 aromatic rings. The van der Waals surface area contributed by atoms with Gasteiger partial charge in [-0.25, -0.2) is 14.8 Å². The zero-order valence-corrected chi connectivity index (χ0v) is 16.4. The molecule has 5 rings (SSSR count). The van der Waals surface area contributed by atoms with Crippen molar-refractivity contribution in [2.45, 2.75) is 19.5 Å². The van der Waals surface area contributed by atoms with Crippen molar-refractivity contribution >= 4 is 22.6 Å². The number of para-hydroxylation sites is 1. The Kier molecular flexibility index (Phi) is 4.62. The molecule has 0 N–H and O–H groups in total. The van der Waals surface area contributed by atoms with E-state index < -0.39 is 0 Å². The summed E-state index contributed by atoms with van der Waals surface area (Å²) in [5.74, 6) is 0.746. The first-order valence-corrected chi connectivity index (χ1v) is 9.89. The van der Waals surface area contributed by atoms with E-state index in [1.807, 2.05) is 54.7 Å². The van der Waals surface area contributed by atoms with Crippen LogP contribution in [0.25, 0.3) is 22.4 Å². The zero-order valence-electron chi connectivity index (χ0n) is 15.6. The van der Waals surface area contributed by atoms with Crippen LogP contribution in [0.15, 0.2) is 70.0 Å². The summed E-state index contributed by atoms with van der Waals surface area (Å²) in [5, 5.41) is 1.23. The fraction of sp³-hybridized carbons (Fsp3) is 0.174. The van der Waals surface area contributed by atoms with Gasteiger partial charge in [0.05, 0.1) is 16.3 Å². The second-order valence-corrected chi connectivity index (χ2v) is 7.55. The number of halogens is 1. The third kappa shape index (κ3) is 3.43. The highest BCUT2D eigenvalue weighted by Crippen LogP contribution is 2.27. The van der Waals surface area contributed by atoms with Crippen molar-refractivity contribution in [1.82, 2.24) is 14.9 Å². The topological polar surface area (TPSA) is 59.2 Å². The van der Waals surface area contributed by atoms with Crippen LogP contribution in [-0.4, -0.2) is 21.4 Å². The summed E-state index contributed by atoms with van der Waals surface area (Å²) in [5.41, 5.74) is 3.78. The van der Waals surface area contributed by atoms with E-state index in [1.54, 1.807) is 6.07 Å². The van der Waals surface area contributed by atoms with Crippen LogP contribution in [0.3, 0.4) is 0 Å². The number of rotatable bonds is 3. The number of hydrogen-bond donors (Lipinski definition) is 0. The Hall–Kier alpha value is -3.02. The Morgan fingerprint density at radius 3 is 2.72 bits per heavy atom. The molecular formula is C23H18ClN3O2. The molecule has 0 amide bonds. The lowest BCUT2D eigenvalue weighted by atomic mass is 10.1. The van der Waals surface area contributed by atoms with Crippen molar-refractivity contribution in [3.05, 3.63) is 93.1 Å². The number of hydrogen-bond acceptors (Lipinski definition) is 5. The first-order valence-electron chi connectivity index (χ1n) is 9.52. The number of fused-ring (bicyclic) bond motifs is 2. The molecule has 5 nitrogen and oxygen atoms in total. The van der Waals surface area contributed by atoms with Crippen LogP contribution < -0.4 is 5.63 Å². The monoisotopic (exact) mass is 403 g/mol. The van der Waals surface area contributed by atoms with E-state index in [0.717, 1.165) is 41.0 Å². The van der Waals surface area contributed by atoms with Gasteiger partial charge >= 0.3 is 5.63 Å². The maximum Gasteiger partial charge on any atom is 0.342 e. The summed E-state index contributed by atoms with van der Waals surface area (Å²) in [6, 6.07) is 17.3. The van der Waals surface area contributed by atoms with Gasteiger partial charge in [0.25, 0.3) is 0 Å². The van der Waals surface area contributed by atoms with Crippen molar-refractivity contribution in [3.8, 4) is 11.4 Å². The third-order valence-corrected chi connectivity index (χ3v) is 5.70. The minimum atomic E-state index is -0.379. The molecule has 144 valence electrons. The first-order chi connectivity index (χ1) is 14.2. The second kappa shape index (κ2) is 7.43. The van der Waals surface area contributed by atoms with Gasteiger partial charge in [-0.1, -0.05) is 54.1 Å². The van der Waals surface area contributed by atoms with E-state index in [2.05, 4.69) is 9.88 Å². The van der Waals surface area contributed by atoms with E-state index in [9.17, 15) is 4.79 Å². The molecular weight excluding hydrogens is 386 g/mol. The molecule has 0 fully saturated rings. The van der Waals surface area contributed by atoms with E-state index in [1.165, 1.54) is 0 Å². The number of aromatic nitrogens is 2. The molecule has 0 radical (unpaired) electrons. The third-order valence-electron chi connectivity index (χ3n) is 5.26. The largest absolute Gasteiger partial charge is 0.422 e. The molecule has 0 atom stereocenters. The molecule has 0 saturated carbocycles. The first kappa shape index (κ1) is 18.0. The summed E-state index contributed by atoms with van der Waals surface area (Å²) >= 11 is 6.54. The molecule has 2 aromatic carbocycles. The molecule has 0 aliphatic carbocycles. The summed E-state index contributed by atoms with van der Waals surface area (Å²) in [6.07, 6.45) is 2.69. The second-order valence-electron chi connectivity index (χ2n) is 7.17. The van der Waals surface area contributed by atoms with Crippen molar-refractivity contribution in [1.29, 1.82) is 0 Å². The molecule has 6 heteroatoms. The summed E-state index contributed by atoms with van der Waals surface area (Å²) in [6.45, 7) is 1.90. The quantitative estimate of drug-likeness (QED) is 0.472. The molecule has 3 heterocycles. The minimum absolute atomic E-state index is 0.379. The van der Waals surface area contributed by atoms with Gasteiger partial charge in [0.2, 0.25) is 0 Å². The highest BCUT2D eigenvalue weighted by atomic mass is 35.5. The van der Waals surface area contributed by atoms with E-state index in [4.69, 9.17) is 21.0 Å². The molecule has 29 heavy (non-hydrogen) atoms. The Balaban J connectivity index is 1.41. The van der Waals surface area contributed by atoms with Crippen LogP contribution in [-0.2, 0) is 19.5 Å². The lowest BCUT2D eigenvalue weighted by Gasteiger charge is -2.28. The summed E-state index contributed by atoms with van der Waals surface area (Å²) in [4.78, 5) is 23.9. The maximum atomic E-state index is 12.5. The van der Waals surface area contributed by atoms with Crippen LogP contribution in [0.2, 0.25) is 5.02 Å². The Morgan fingerprint density at radius 1 is 1.07 bits per heavy atom. The molecule has 0 unspecified atom stereocenters. The SMILES string of the molecule is O=c1oc2ccccc2c(Cl)c1CN1CCc2nc(-c3ccccc3)ncc2C1. The van der Waals surface area contributed by atoms with Gasteiger partial charge in [-0.2, -0.15) is 0 Å². The van der Waals surface area contributed by atoms with Crippen molar-refractivity contribution in [2.24, 2.45) is 0 Å². The van der Waals surface area contributed by atoms with Crippen molar-refractivity contribution in [3.63, 3.8) is 0 Å². The lowest BCUT2D eigenvalue weighted by molar-refractivity contribution is 0.240. The molecule has 1 aliphatic heterocycles. The Labute approximate surface area is 172 Å². The van der Waals surface area contributed by atoms with Gasteiger partial charge in [-0.15, -0.1) is 0 Å². The average Bonchev–Trinajstić information content (AvgIpc) is 2.77. The minimum Gasteiger partial charge on any atom is -0.422 e. The van der Waals surface area contributed by atoms with E-state index >= 15 is 0 Å². The van der Waals surface area contributed by atoms with E-state index in [-0.39, 0.29) is 5.63 Å². The molecule has 0 bridgehead atoms. The molecule has 1 aliphatic rings. The van der Waals surface area contributed by atoms with E-state index in [0.29, 0.717) is 29.3 Å². The van der Waals surface area contributed by atoms with Gasteiger partial charge < -0.3 is 4.42 Å². The lowest BCUT2D eigenvalue weighted by Crippen LogP contribution is -2.32. The summed E-state index contributed by atoms with van der Waals surface area (Å²) in [7, 11) is 0. The number of benzene rings is 2. The van der Waals surface area contributed by atoms with Gasteiger partial charge in [0.1, 0.15) is 5.58 Å². The van der Waals surface area contributed by atoms with Crippen LogP contribution in [0.5, 0.6) is 0 Å². The van der Waals surface area contributed by atoms with Crippen molar-refractivity contribution in [2.75, 3.05) is 6.54 Å². The van der Waals surface area contributed by atoms with Gasteiger partial charge in [-0.05, 0) is 12.1 Å². The highest BCUT2D eigenvalue weighted by Gasteiger charge is 2.22. The standard InChI is InChI=1S/C23H18ClN3O2/c24-21-17-8-4-5-9-20(17)29-23(28)18(21)14-27-11-10-19-16(13-27)12-25-22(26-19)15-6-2-1-3-7-15/h1-9,12H,10-11,13-14H2. The van der Waals surface area contributed by atoms with Gasteiger partial charge in [0, 0.05) is 48.8 Å². The normalized spacial score (nSPS) is 14.1. The smallest absolute Gasteiger partial charge is 0.342 e. The molecule has 0 saturated heterocycles. The zero-order chi connectivity index (χ0) is 19.8. The van der Waals surface area contributed by atoms with Crippen LogP contribution in [0.1, 0.15) is 16.8 Å². The fourth-order valence-corrected chi connectivity index (χ4v) is 4.04. The Morgan fingerprint density at radius 2 is 1.86 bits per heavy atom. The molecule has 0 spiro atoms. The van der Waals surface area contributed by atoms with Crippen LogP contribution in [0.4, 0.5) is 0 Å². The summed E-state index contributed by atoms with van der Waals surface area (Å²) < 4.78 is 5.46. The maximum absolute atomic E-state index is 12.5. The van der Waals surface area contributed by atoms with Crippen LogP contribution in [0, 0.1) is 0 Å². The van der Waals surface area contributed by atoms with Gasteiger partial charge in [-0.3, -0.25) is 4.90 Å². The highest BCUT2D eigenvalue weighted by molar-refractivity contribution is 6.35. The average molecular weight is 404 g/mol. The van der Waals surface area contributed by atoms with Gasteiger partial charge in [0.15, 0.2) is 5.82 Å². The predicted octanol–water partition coefficient (Wildman–Crippen LogP) is 4.46. The number of nitrogens with zero attached hydrogens (tertiary/aromatic N) is 3. The molecule has 2 aromatic heterocycles. The predicted molar refractivity (Wildman–Crippen MR) is 113 cm³/mol. The fourth-order valence-electron chi connectivity index (χ4n) is 3.74. The van der Waals surface area contributed by atoms with Crippen molar-refractivity contribution < 1.29 is 4.42 Å². The Bertz CT molecular complexity index is 1250. The van der Waals surface area contributed by atoms with Crippen LogP contribution >= 0.6 is 11.6 Å².